The van der Waals surface area contributed by atoms with Gasteiger partial charge in [-0.3, -0.25) is 0 Å². The molecule has 0 aliphatic carbocycles. The number of rotatable bonds is 9. The Morgan fingerprint density at radius 1 is 0.450 bits per heavy atom. The van der Waals surface area contributed by atoms with E-state index in [0.29, 0.717) is 0 Å². The molecule has 0 aromatic heterocycles. The van der Waals surface area contributed by atoms with Gasteiger partial charge in [0, 0.05) is 21.3 Å². The summed E-state index contributed by atoms with van der Waals surface area (Å²) < 4.78 is 23.0. The molecule has 40 heavy (non-hydrogen) atoms. The molecule has 218 valence electrons. The van der Waals surface area contributed by atoms with E-state index < -0.39 is 72.6 Å². The number of hydrogen-bond donors (Lipinski definition) is 6. The first-order chi connectivity index (χ1) is 16.5. The van der Waals surface area contributed by atoms with E-state index in [1.807, 2.05) is 0 Å². The van der Waals surface area contributed by atoms with Crippen LogP contribution in [0.25, 0.3) is 0 Å². The first kappa shape index (κ1) is 54.2. The Morgan fingerprint density at radius 3 is 0.675 bits per heavy atom. The average molecular weight is 624 g/mol. The van der Waals surface area contributed by atoms with Gasteiger partial charge in [-0.15, -0.1) is 0 Å². The van der Waals surface area contributed by atoms with Crippen molar-refractivity contribution in [2.75, 3.05) is 21.3 Å². The molecule has 0 saturated carbocycles. The molecule has 0 fully saturated rings. The second-order valence-corrected chi connectivity index (χ2v) is 4.92. The van der Waals surface area contributed by atoms with Gasteiger partial charge in [-0.25, -0.2) is 43.2 Å². The minimum Gasteiger partial charge on any atom is -1.00 e. The Hall–Kier alpha value is -1.93. The van der Waals surface area contributed by atoms with E-state index in [1.165, 1.54) is 0 Å². The van der Waals surface area contributed by atoms with Crippen LogP contribution in [0.5, 0.6) is 0 Å². The van der Waals surface area contributed by atoms with Gasteiger partial charge < -0.3 is 68.8 Å². The Morgan fingerprint density at radius 2 is 0.600 bits per heavy atom. The summed E-state index contributed by atoms with van der Waals surface area (Å²) in [5.41, 5.74) is 0. The average Bonchev–Trinajstić information content (AvgIpc) is 2.67. The van der Waals surface area contributed by atoms with Gasteiger partial charge in [0.05, 0.1) is 0 Å². The standard InChI is InChI=1S/3C5H6O7.3Na.H2O.3H/c3*1-11-2(3(6)7)4(8)12-5(9)10;;;;;;;/h3*2H,1H3,(H,6,7)(H,9,10);;;;1H2;;;/q;;;3*+1;;3*-1. The van der Waals surface area contributed by atoms with Crippen molar-refractivity contribution < 1.29 is 201 Å². The van der Waals surface area contributed by atoms with Gasteiger partial charge in [0.1, 0.15) is 0 Å². The van der Waals surface area contributed by atoms with Crippen LogP contribution < -0.4 is 88.7 Å². The molecular weight excluding hydrogens is 601 g/mol. The van der Waals surface area contributed by atoms with Crippen LogP contribution in [-0.2, 0) is 57.2 Å². The van der Waals surface area contributed by atoms with Crippen LogP contribution in [0.4, 0.5) is 14.4 Å². The molecule has 3 atom stereocenters. The normalized spacial score (nSPS) is 10.6. The third-order valence-corrected chi connectivity index (χ3v) is 2.59. The van der Waals surface area contributed by atoms with Gasteiger partial charge in [0.25, 0.3) is 18.3 Å². The van der Waals surface area contributed by atoms with Crippen LogP contribution in [0.3, 0.4) is 0 Å². The van der Waals surface area contributed by atoms with Crippen LogP contribution in [0.2, 0.25) is 0 Å². The van der Waals surface area contributed by atoms with Crippen molar-refractivity contribution in [3.8, 4) is 0 Å². The summed E-state index contributed by atoms with van der Waals surface area (Å²) in [5, 5.41) is 48.5. The van der Waals surface area contributed by atoms with Crippen LogP contribution in [0.1, 0.15) is 4.28 Å². The summed E-state index contributed by atoms with van der Waals surface area (Å²) in [6, 6.07) is 0. The van der Waals surface area contributed by atoms with Gasteiger partial charge >= 0.3 is 143 Å². The fourth-order valence-electron chi connectivity index (χ4n) is 1.31. The van der Waals surface area contributed by atoms with Crippen molar-refractivity contribution in [2.24, 2.45) is 0 Å². The molecule has 0 bridgehead atoms. The number of aliphatic carboxylic acids is 3. The Bertz CT molecular complexity index is 765. The third kappa shape index (κ3) is 27.6. The first-order valence-electron chi connectivity index (χ1n) is 8.07. The van der Waals surface area contributed by atoms with Crippen molar-refractivity contribution in [3.63, 3.8) is 0 Å². The molecule has 0 rings (SSSR count). The first-order valence-corrected chi connectivity index (χ1v) is 8.07. The van der Waals surface area contributed by atoms with Gasteiger partial charge in [0.2, 0.25) is 0 Å². The quantitative estimate of drug-likeness (QED) is 0.0600. The maximum atomic E-state index is 10.5. The molecule has 22 nitrogen and oxygen atoms in total. The monoisotopic (exact) mass is 624 g/mol. The van der Waals surface area contributed by atoms with Crippen molar-refractivity contribution in [1.82, 2.24) is 0 Å². The summed E-state index contributed by atoms with van der Waals surface area (Å²) in [4.78, 5) is 91.2. The third-order valence-electron chi connectivity index (χ3n) is 2.59. The van der Waals surface area contributed by atoms with Gasteiger partial charge in [-0.05, 0) is 0 Å². The molecule has 0 aliphatic heterocycles. The number of methoxy groups -OCH3 is 3. The largest absolute Gasteiger partial charge is 1.00 e. The predicted molar refractivity (Wildman–Crippen MR) is 105 cm³/mol. The number of carboxylic acids is 3. The topological polar surface area (TPSA) is 362 Å². The second-order valence-electron chi connectivity index (χ2n) is 4.92. The molecule has 0 amide bonds. The molecular formula is C15H23Na3O22. The van der Waals surface area contributed by atoms with E-state index in [-0.39, 0.29) is 98.4 Å². The van der Waals surface area contributed by atoms with Gasteiger partial charge in [-0.2, -0.15) is 0 Å². The van der Waals surface area contributed by atoms with E-state index in [2.05, 4.69) is 28.4 Å². The van der Waals surface area contributed by atoms with Gasteiger partial charge in [-0.1, -0.05) is 0 Å². The Kier molecular flexibility index (Phi) is 40.7. The Balaban J connectivity index is -0.0000000439. The van der Waals surface area contributed by atoms with E-state index in [1.54, 1.807) is 0 Å². The molecule has 0 aliphatic rings. The zero-order valence-electron chi connectivity index (χ0n) is 24.5. The van der Waals surface area contributed by atoms with Crippen LogP contribution in [-0.4, -0.2) is 130 Å². The number of ether oxygens (including phenoxy) is 6. The summed E-state index contributed by atoms with van der Waals surface area (Å²) in [7, 11) is 2.84. The molecule has 0 saturated heterocycles. The molecule has 8 N–H and O–H groups in total. The van der Waals surface area contributed by atoms with E-state index in [9.17, 15) is 43.2 Å². The molecule has 0 heterocycles. The fourth-order valence-corrected chi connectivity index (χ4v) is 1.31. The fraction of sp³-hybridized carbons (Fsp3) is 0.400. The van der Waals surface area contributed by atoms with Crippen LogP contribution in [0, 0.1) is 0 Å². The zero-order chi connectivity index (χ0) is 29.2. The van der Waals surface area contributed by atoms with E-state index in [0.717, 1.165) is 21.3 Å². The van der Waals surface area contributed by atoms with Crippen LogP contribution in [0.15, 0.2) is 0 Å². The Labute approximate surface area is 292 Å². The second kappa shape index (κ2) is 30.0. The van der Waals surface area contributed by atoms with E-state index in [4.69, 9.17) is 30.6 Å². The van der Waals surface area contributed by atoms with Crippen molar-refractivity contribution in [3.05, 3.63) is 0 Å². The van der Waals surface area contributed by atoms with Crippen molar-refractivity contribution >= 4 is 54.3 Å². The molecule has 0 spiro atoms. The molecule has 25 heteroatoms. The van der Waals surface area contributed by atoms with Crippen molar-refractivity contribution in [2.45, 2.75) is 18.3 Å². The minimum atomic E-state index is -1.90. The maximum absolute atomic E-state index is 10.5. The van der Waals surface area contributed by atoms with E-state index >= 15 is 0 Å². The summed E-state index contributed by atoms with van der Waals surface area (Å²) in [5.74, 6) is -9.25. The molecule has 3 unspecified atom stereocenters. The number of carbonyl (C=O) groups excluding carboxylic acids is 3. The van der Waals surface area contributed by atoms with Crippen LogP contribution >= 0.6 is 0 Å². The number of carboxylic acid groups (broad SMARTS) is 6. The molecule has 0 aromatic rings. The smallest absolute Gasteiger partial charge is 1.00 e. The number of hydrogen-bond acceptors (Lipinski definition) is 15. The molecule has 0 radical (unpaired) electrons. The number of esters is 3. The summed E-state index contributed by atoms with van der Waals surface area (Å²) >= 11 is 0. The predicted octanol–water partition coefficient (Wildman–Crippen LogP) is -11.6. The zero-order valence-corrected chi connectivity index (χ0v) is 27.5. The van der Waals surface area contributed by atoms with Crippen molar-refractivity contribution in [1.29, 1.82) is 0 Å². The SMILES string of the molecule is COC(C(=O)O)C(=O)OC(=O)O.COC(C(=O)O)C(=O)OC(=O)O.COC(C(=O)O)C(=O)OC(=O)O.O.[H-].[H-].[H-].[Na+].[Na+].[Na+]. The number of carbonyl (C=O) groups is 9. The molecule has 0 aromatic carbocycles. The van der Waals surface area contributed by atoms with Gasteiger partial charge in [0.15, 0.2) is 0 Å². The maximum Gasteiger partial charge on any atom is 1.00 e. The summed E-state index contributed by atoms with van der Waals surface area (Å²) in [6.45, 7) is 0. The minimum absolute atomic E-state index is 0. The summed E-state index contributed by atoms with van der Waals surface area (Å²) in [6.07, 6.45) is -11.3.